The van der Waals surface area contributed by atoms with Gasteiger partial charge in [-0.15, -0.1) is 0 Å². The lowest BCUT2D eigenvalue weighted by Crippen LogP contribution is -2.16. The maximum atomic E-state index is 6.18. The van der Waals surface area contributed by atoms with Crippen molar-refractivity contribution in [3.8, 4) is 5.75 Å². The van der Waals surface area contributed by atoms with E-state index in [2.05, 4.69) is 15.4 Å². The molecule has 2 heterocycles. The van der Waals surface area contributed by atoms with Gasteiger partial charge in [0, 0.05) is 25.2 Å². The maximum Gasteiger partial charge on any atom is 0.138 e. The Hall–Kier alpha value is -1.59. The molecule has 0 unspecified atom stereocenters. The van der Waals surface area contributed by atoms with Crippen molar-refractivity contribution < 1.29 is 4.74 Å². The summed E-state index contributed by atoms with van der Waals surface area (Å²) in [5.74, 6) is 0.740. The monoisotopic (exact) mass is 306 g/mol. The minimum Gasteiger partial charge on any atom is -0.487 e. The van der Waals surface area contributed by atoms with E-state index in [0.717, 1.165) is 29.2 Å². The molecule has 0 spiro atoms. The molecule has 1 aliphatic rings. The van der Waals surface area contributed by atoms with E-state index in [1.54, 1.807) is 10.9 Å². The molecule has 0 radical (unpaired) electrons. The third kappa shape index (κ3) is 3.54. The van der Waals surface area contributed by atoms with Gasteiger partial charge in [0.15, 0.2) is 0 Å². The van der Waals surface area contributed by atoms with E-state index in [9.17, 15) is 0 Å². The fourth-order valence-electron chi connectivity index (χ4n) is 2.13. The van der Waals surface area contributed by atoms with E-state index in [1.807, 2.05) is 26.1 Å². The quantitative estimate of drug-likeness (QED) is 0.891. The van der Waals surface area contributed by atoms with Gasteiger partial charge in [0.2, 0.25) is 0 Å². The van der Waals surface area contributed by atoms with Crippen molar-refractivity contribution in [3.63, 3.8) is 0 Å². The molecule has 0 bridgehead atoms. The van der Waals surface area contributed by atoms with Crippen LogP contribution in [0.5, 0.6) is 5.75 Å². The fraction of sp³-hybridized carbons (Fsp3) is 0.467. The van der Waals surface area contributed by atoms with Crippen LogP contribution in [0.25, 0.3) is 0 Å². The van der Waals surface area contributed by atoms with E-state index in [1.165, 1.54) is 12.8 Å². The second-order valence-corrected chi connectivity index (χ2v) is 5.77. The average molecular weight is 307 g/mol. The highest BCUT2D eigenvalue weighted by Crippen LogP contribution is 2.21. The molecule has 2 aromatic rings. The van der Waals surface area contributed by atoms with Crippen LogP contribution in [-0.2, 0) is 20.2 Å². The zero-order chi connectivity index (χ0) is 14.8. The van der Waals surface area contributed by atoms with Crippen LogP contribution >= 0.6 is 11.6 Å². The van der Waals surface area contributed by atoms with Crippen molar-refractivity contribution in [2.24, 2.45) is 7.05 Å². The van der Waals surface area contributed by atoms with E-state index in [0.29, 0.717) is 17.8 Å². The Kier molecular flexibility index (Phi) is 4.12. The number of hydrogen-bond acceptors (Lipinski definition) is 4. The number of hydrogen-bond donors (Lipinski definition) is 1. The molecule has 5 nitrogen and oxygen atoms in total. The molecule has 1 saturated carbocycles. The predicted octanol–water partition coefficient (Wildman–Crippen LogP) is 2.61. The molecule has 0 atom stereocenters. The predicted molar refractivity (Wildman–Crippen MR) is 81.4 cm³/mol. The minimum absolute atomic E-state index is 0.403. The summed E-state index contributed by atoms with van der Waals surface area (Å²) < 4.78 is 7.39. The molecule has 0 aromatic carbocycles. The van der Waals surface area contributed by atoms with E-state index in [-0.39, 0.29) is 0 Å². The Balaban J connectivity index is 1.57. The summed E-state index contributed by atoms with van der Waals surface area (Å²) in [7, 11) is 1.82. The number of nitrogens with one attached hydrogen (secondary N) is 1. The summed E-state index contributed by atoms with van der Waals surface area (Å²) in [4.78, 5) is 4.40. The van der Waals surface area contributed by atoms with Crippen LogP contribution in [0.3, 0.4) is 0 Å². The van der Waals surface area contributed by atoms with Gasteiger partial charge in [-0.3, -0.25) is 9.67 Å². The summed E-state index contributed by atoms with van der Waals surface area (Å²) in [5.41, 5.74) is 2.84. The van der Waals surface area contributed by atoms with Crippen LogP contribution in [0.15, 0.2) is 18.3 Å². The maximum absolute atomic E-state index is 6.18. The molecular weight excluding hydrogens is 288 g/mol. The van der Waals surface area contributed by atoms with Gasteiger partial charge in [-0.1, -0.05) is 11.6 Å². The minimum atomic E-state index is 0.403. The molecule has 1 N–H and O–H groups in total. The van der Waals surface area contributed by atoms with Crippen molar-refractivity contribution in [3.05, 3.63) is 40.4 Å². The number of nitrogens with zero attached hydrogens (tertiary/aromatic N) is 3. The van der Waals surface area contributed by atoms with Crippen molar-refractivity contribution >= 4 is 11.6 Å². The molecular formula is C15H19ClN4O. The number of halogens is 1. The Morgan fingerprint density at radius 1 is 1.43 bits per heavy atom. The van der Waals surface area contributed by atoms with Crippen LogP contribution in [0.2, 0.25) is 5.15 Å². The highest BCUT2D eigenvalue weighted by Gasteiger charge is 2.20. The third-order valence-corrected chi connectivity index (χ3v) is 4.07. The molecule has 112 valence electrons. The van der Waals surface area contributed by atoms with Gasteiger partial charge < -0.3 is 10.1 Å². The lowest BCUT2D eigenvalue weighted by Gasteiger charge is -2.07. The van der Waals surface area contributed by atoms with E-state index >= 15 is 0 Å². The van der Waals surface area contributed by atoms with Crippen LogP contribution in [0.1, 0.15) is 29.8 Å². The number of aromatic nitrogens is 3. The molecule has 2 aromatic heterocycles. The molecule has 21 heavy (non-hydrogen) atoms. The summed E-state index contributed by atoms with van der Waals surface area (Å²) >= 11 is 6.18. The standard InChI is InChI=1S/C15H19ClN4O/c1-10-14(15(16)20(2)19-10)9-21-13-6-5-12(18-8-13)7-17-11-3-4-11/h5-6,8,11,17H,3-4,7,9H2,1-2H3. The zero-order valence-electron chi connectivity index (χ0n) is 12.3. The van der Waals surface area contributed by atoms with Gasteiger partial charge in [0.25, 0.3) is 0 Å². The average Bonchev–Trinajstić information content (AvgIpc) is 3.26. The van der Waals surface area contributed by atoms with E-state index < -0.39 is 0 Å². The summed E-state index contributed by atoms with van der Waals surface area (Å²) in [6.45, 7) is 3.15. The first kappa shape index (κ1) is 14.4. The highest BCUT2D eigenvalue weighted by molar-refractivity contribution is 6.30. The Morgan fingerprint density at radius 3 is 2.81 bits per heavy atom. The molecule has 1 aliphatic carbocycles. The number of aryl methyl sites for hydroxylation is 2. The largest absolute Gasteiger partial charge is 0.487 e. The van der Waals surface area contributed by atoms with Crippen LogP contribution in [0.4, 0.5) is 0 Å². The third-order valence-electron chi connectivity index (χ3n) is 3.60. The fourth-order valence-corrected chi connectivity index (χ4v) is 2.36. The summed E-state index contributed by atoms with van der Waals surface area (Å²) in [5, 5.41) is 8.32. The Morgan fingerprint density at radius 2 is 2.24 bits per heavy atom. The van der Waals surface area contributed by atoms with Gasteiger partial charge >= 0.3 is 0 Å². The Labute approximate surface area is 129 Å². The molecule has 0 amide bonds. The molecule has 6 heteroatoms. The highest BCUT2D eigenvalue weighted by atomic mass is 35.5. The summed E-state index contributed by atoms with van der Waals surface area (Å²) in [6.07, 6.45) is 4.32. The molecule has 1 fully saturated rings. The first-order valence-electron chi connectivity index (χ1n) is 7.12. The normalized spacial score (nSPS) is 14.4. The topological polar surface area (TPSA) is 52.0 Å². The second-order valence-electron chi connectivity index (χ2n) is 5.41. The smallest absolute Gasteiger partial charge is 0.138 e. The van der Waals surface area contributed by atoms with E-state index in [4.69, 9.17) is 16.3 Å². The van der Waals surface area contributed by atoms with Crippen molar-refractivity contribution in [2.45, 2.75) is 39.0 Å². The van der Waals surface area contributed by atoms with Gasteiger partial charge in [-0.05, 0) is 31.9 Å². The summed E-state index contributed by atoms with van der Waals surface area (Å²) in [6, 6.07) is 4.62. The van der Waals surface area contributed by atoms with Crippen molar-refractivity contribution in [1.82, 2.24) is 20.1 Å². The zero-order valence-corrected chi connectivity index (χ0v) is 13.0. The second kappa shape index (κ2) is 6.03. The number of rotatable bonds is 6. The van der Waals surface area contributed by atoms with Gasteiger partial charge in [0.05, 0.1) is 17.6 Å². The van der Waals surface area contributed by atoms with Gasteiger partial charge in [0.1, 0.15) is 17.5 Å². The Bertz CT molecular complexity index is 619. The molecule has 3 rings (SSSR count). The van der Waals surface area contributed by atoms with Crippen molar-refractivity contribution in [2.75, 3.05) is 0 Å². The van der Waals surface area contributed by atoms with Crippen molar-refractivity contribution in [1.29, 1.82) is 0 Å². The SMILES string of the molecule is Cc1nn(C)c(Cl)c1COc1ccc(CNC2CC2)nc1. The van der Waals surface area contributed by atoms with Crippen LogP contribution in [-0.4, -0.2) is 20.8 Å². The lowest BCUT2D eigenvalue weighted by molar-refractivity contribution is 0.304. The number of ether oxygens (including phenoxy) is 1. The first-order chi connectivity index (χ1) is 10.1. The van der Waals surface area contributed by atoms with Gasteiger partial charge in [-0.2, -0.15) is 5.10 Å². The number of pyridine rings is 1. The first-order valence-corrected chi connectivity index (χ1v) is 7.50. The van der Waals surface area contributed by atoms with Gasteiger partial charge in [-0.25, -0.2) is 0 Å². The molecule has 0 saturated heterocycles. The molecule has 0 aliphatic heterocycles. The van der Waals surface area contributed by atoms with Crippen LogP contribution in [0, 0.1) is 6.92 Å². The van der Waals surface area contributed by atoms with Crippen LogP contribution < -0.4 is 10.1 Å². The lowest BCUT2D eigenvalue weighted by atomic mass is 10.3.